The first kappa shape index (κ1) is 27.0. The predicted octanol–water partition coefficient (Wildman–Crippen LogP) is 3.54. The van der Waals surface area contributed by atoms with Gasteiger partial charge in [-0.25, -0.2) is 4.39 Å². The molecule has 0 saturated carbocycles. The maximum absolute atomic E-state index is 13.7. The Balaban J connectivity index is 1.47. The third kappa shape index (κ3) is 6.25. The Labute approximate surface area is 221 Å². The predicted molar refractivity (Wildman–Crippen MR) is 138 cm³/mol. The van der Waals surface area contributed by atoms with Crippen LogP contribution in [0.4, 0.5) is 4.39 Å². The molecule has 0 unspecified atom stereocenters. The van der Waals surface area contributed by atoms with Crippen molar-refractivity contribution in [3.05, 3.63) is 77.5 Å². The number of piperazine rings is 1. The Morgan fingerprint density at radius 1 is 0.947 bits per heavy atom. The number of rotatable bonds is 10. The van der Waals surface area contributed by atoms with Gasteiger partial charge in [-0.1, -0.05) is 12.1 Å². The minimum Gasteiger partial charge on any atom is -0.493 e. The molecule has 1 fully saturated rings. The third-order valence-corrected chi connectivity index (χ3v) is 6.56. The lowest BCUT2D eigenvalue weighted by atomic mass is 10.1. The summed E-state index contributed by atoms with van der Waals surface area (Å²) in [6.07, 6.45) is 1.49. The number of nitrogens with zero attached hydrogens (tertiary/aromatic N) is 3. The van der Waals surface area contributed by atoms with Crippen molar-refractivity contribution in [3.8, 4) is 17.2 Å². The van der Waals surface area contributed by atoms with E-state index in [1.165, 1.54) is 39.7 Å². The van der Waals surface area contributed by atoms with Crippen molar-refractivity contribution in [2.75, 3.05) is 60.6 Å². The summed E-state index contributed by atoms with van der Waals surface area (Å²) >= 11 is 0. The second-order valence-corrected chi connectivity index (χ2v) is 8.88. The zero-order valence-electron chi connectivity index (χ0n) is 21.8. The SMILES string of the molecule is COc1cc(C(=O)N(CCN2CCN(C(=O)c3ccco3)CC2)Cc2ccc(F)cc2)cc(OC)c1OC. The molecule has 9 nitrogen and oxygen atoms in total. The van der Waals surface area contributed by atoms with Gasteiger partial charge in [-0.2, -0.15) is 0 Å². The lowest BCUT2D eigenvalue weighted by Gasteiger charge is -2.35. The molecule has 0 N–H and O–H groups in total. The summed E-state index contributed by atoms with van der Waals surface area (Å²) < 4.78 is 35.0. The monoisotopic (exact) mass is 525 g/mol. The van der Waals surface area contributed by atoms with Crippen molar-refractivity contribution >= 4 is 11.8 Å². The standard InChI is InChI=1S/C28H32FN3O6/c1-35-24-17-21(18-25(36-2)26(24)37-3)27(33)32(19-20-6-8-22(29)9-7-20)15-12-30-10-13-31(14-11-30)28(34)23-5-4-16-38-23/h4-9,16-18H,10-15,19H2,1-3H3. The second-order valence-electron chi connectivity index (χ2n) is 8.88. The van der Waals surface area contributed by atoms with Gasteiger partial charge < -0.3 is 28.4 Å². The smallest absolute Gasteiger partial charge is 0.289 e. The first-order valence-electron chi connectivity index (χ1n) is 12.3. The van der Waals surface area contributed by atoms with Gasteiger partial charge in [-0.15, -0.1) is 0 Å². The highest BCUT2D eigenvalue weighted by Gasteiger charge is 2.26. The molecule has 2 heterocycles. The van der Waals surface area contributed by atoms with E-state index >= 15 is 0 Å². The Morgan fingerprint density at radius 2 is 1.61 bits per heavy atom. The van der Waals surface area contributed by atoms with E-state index in [0.717, 1.165) is 5.56 Å². The van der Waals surface area contributed by atoms with Gasteiger partial charge in [0.15, 0.2) is 17.3 Å². The van der Waals surface area contributed by atoms with Gasteiger partial charge in [-0.05, 0) is 42.0 Å². The Hall–Kier alpha value is -4.05. The van der Waals surface area contributed by atoms with Gasteiger partial charge in [0.25, 0.3) is 11.8 Å². The minimum absolute atomic E-state index is 0.120. The van der Waals surface area contributed by atoms with Crippen molar-refractivity contribution in [1.29, 1.82) is 0 Å². The molecule has 2 aromatic carbocycles. The highest BCUT2D eigenvalue weighted by atomic mass is 19.1. The molecule has 3 aromatic rings. The molecule has 0 atom stereocenters. The minimum atomic E-state index is -0.335. The Morgan fingerprint density at radius 3 is 2.16 bits per heavy atom. The number of hydrogen-bond acceptors (Lipinski definition) is 7. The summed E-state index contributed by atoms with van der Waals surface area (Å²) in [6, 6.07) is 12.7. The Kier molecular flexibility index (Phi) is 8.85. The molecule has 202 valence electrons. The summed E-state index contributed by atoms with van der Waals surface area (Å²) in [7, 11) is 4.50. The van der Waals surface area contributed by atoms with Crippen LogP contribution in [0.1, 0.15) is 26.5 Å². The van der Waals surface area contributed by atoms with Gasteiger partial charge in [0, 0.05) is 51.4 Å². The van der Waals surface area contributed by atoms with E-state index in [1.807, 2.05) is 0 Å². The molecule has 0 bridgehead atoms. The number of hydrogen-bond donors (Lipinski definition) is 0. The highest BCUT2D eigenvalue weighted by Crippen LogP contribution is 2.38. The van der Waals surface area contributed by atoms with Crippen molar-refractivity contribution in [3.63, 3.8) is 0 Å². The van der Waals surface area contributed by atoms with Crippen molar-refractivity contribution in [2.24, 2.45) is 0 Å². The molecule has 4 rings (SSSR count). The molecule has 1 aromatic heterocycles. The zero-order valence-corrected chi connectivity index (χ0v) is 21.8. The molecule has 1 saturated heterocycles. The van der Waals surface area contributed by atoms with E-state index in [4.69, 9.17) is 18.6 Å². The van der Waals surface area contributed by atoms with E-state index in [2.05, 4.69) is 4.90 Å². The molecule has 1 aliphatic heterocycles. The van der Waals surface area contributed by atoms with E-state index in [-0.39, 0.29) is 17.6 Å². The maximum atomic E-state index is 13.7. The Bertz CT molecular complexity index is 1200. The molecule has 0 spiro atoms. The van der Waals surface area contributed by atoms with E-state index in [1.54, 1.807) is 46.2 Å². The molecule has 38 heavy (non-hydrogen) atoms. The average Bonchev–Trinajstić information content (AvgIpc) is 3.50. The van der Waals surface area contributed by atoms with Crippen LogP contribution in [-0.4, -0.2) is 87.1 Å². The maximum Gasteiger partial charge on any atom is 0.289 e. The van der Waals surface area contributed by atoms with Crippen LogP contribution in [0.3, 0.4) is 0 Å². The fourth-order valence-electron chi connectivity index (χ4n) is 4.44. The topological polar surface area (TPSA) is 84.7 Å². The zero-order chi connectivity index (χ0) is 27.1. The number of furan rings is 1. The van der Waals surface area contributed by atoms with Crippen molar-refractivity contribution in [2.45, 2.75) is 6.54 Å². The van der Waals surface area contributed by atoms with Crippen LogP contribution in [0.25, 0.3) is 0 Å². The quantitative estimate of drug-likeness (QED) is 0.400. The lowest BCUT2D eigenvalue weighted by Crippen LogP contribution is -2.50. The summed E-state index contributed by atoms with van der Waals surface area (Å²) in [5.74, 6) is 0.825. The molecular formula is C28H32FN3O6. The number of ether oxygens (including phenoxy) is 3. The highest BCUT2D eigenvalue weighted by molar-refractivity contribution is 5.95. The van der Waals surface area contributed by atoms with Crippen LogP contribution < -0.4 is 14.2 Å². The fraction of sp³-hybridized carbons (Fsp3) is 0.357. The van der Waals surface area contributed by atoms with Gasteiger partial charge >= 0.3 is 0 Å². The summed E-state index contributed by atoms with van der Waals surface area (Å²) in [5, 5.41) is 0. The van der Waals surface area contributed by atoms with Gasteiger partial charge in [0.2, 0.25) is 5.75 Å². The number of methoxy groups -OCH3 is 3. The van der Waals surface area contributed by atoms with Crippen LogP contribution in [0.5, 0.6) is 17.2 Å². The van der Waals surface area contributed by atoms with E-state index in [9.17, 15) is 14.0 Å². The van der Waals surface area contributed by atoms with Crippen LogP contribution in [0, 0.1) is 5.82 Å². The number of halogens is 1. The van der Waals surface area contributed by atoms with Crippen LogP contribution in [0.2, 0.25) is 0 Å². The second kappa shape index (κ2) is 12.5. The van der Waals surface area contributed by atoms with Crippen LogP contribution in [-0.2, 0) is 6.54 Å². The van der Waals surface area contributed by atoms with Gasteiger partial charge in [-0.3, -0.25) is 14.5 Å². The van der Waals surface area contributed by atoms with E-state index in [0.29, 0.717) is 74.4 Å². The van der Waals surface area contributed by atoms with Crippen molar-refractivity contribution in [1.82, 2.24) is 14.7 Å². The molecule has 1 aliphatic rings. The number of benzene rings is 2. The first-order chi connectivity index (χ1) is 18.4. The van der Waals surface area contributed by atoms with E-state index < -0.39 is 0 Å². The number of carbonyl (C=O) groups is 2. The largest absolute Gasteiger partial charge is 0.493 e. The first-order valence-corrected chi connectivity index (χ1v) is 12.3. The van der Waals surface area contributed by atoms with Gasteiger partial charge in [0.1, 0.15) is 5.82 Å². The molecule has 10 heteroatoms. The third-order valence-electron chi connectivity index (χ3n) is 6.56. The molecule has 2 amide bonds. The molecule has 0 aliphatic carbocycles. The van der Waals surface area contributed by atoms with Crippen LogP contribution in [0.15, 0.2) is 59.2 Å². The van der Waals surface area contributed by atoms with Crippen molar-refractivity contribution < 1.29 is 32.6 Å². The summed E-state index contributed by atoms with van der Waals surface area (Å²) in [4.78, 5) is 32.0. The molecular weight excluding hydrogens is 493 g/mol. The fourth-order valence-corrected chi connectivity index (χ4v) is 4.44. The number of carbonyl (C=O) groups excluding carboxylic acids is 2. The average molecular weight is 526 g/mol. The normalized spacial score (nSPS) is 13.7. The summed E-state index contributed by atoms with van der Waals surface area (Å²) in [5.41, 5.74) is 1.19. The molecule has 0 radical (unpaired) electrons. The number of amides is 2. The lowest BCUT2D eigenvalue weighted by molar-refractivity contribution is 0.0574. The van der Waals surface area contributed by atoms with Crippen LogP contribution >= 0.6 is 0 Å². The van der Waals surface area contributed by atoms with Gasteiger partial charge in [0.05, 0.1) is 27.6 Å². The summed E-state index contributed by atoms with van der Waals surface area (Å²) in [6.45, 7) is 3.83.